The van der Waals surface area contributed by atoms with Gasteiger partial charge in [-0.15, -0.1) is 0 Å². The van der Waals surface area contributed by atoms with E-state index in [4.69, 9.17) is 4.99 Å². The molecule has 146 valence electrons. The van der Waals surface area contributed by atoms with Gasteiger partial charge >= 0.3 is 0 Å². The molecule has 0 amide bonds. The summed E-state index contributed by atoms with van der Waals surface area (Å²) in [5.74, 6) is 0.920. The maximum absolute atomic E-state index is 4.84. The van der Waals surface area contributed by atoms with Gasteiger partial charge in [0.25, 0.3) is 0 Å². The lowest BCUT2D eigenvalue weighted by Crippen LogP contribution is -2.49. The molecule has 1 saturated heterocycles. The van der Waals surface area contributed by atoms with Crippen molar-refractivity contribution in [2.24, 2.45) is 4.99 Å². The zero-order chi connectivity index (χ0) is 18.8. The number of benzene rings is 1. The molecule has 0 radical (unpaired) electrons. The van der Waals surface area contributed by atoms with Gasteiger partial charge in [0.1, 0.15) is 0 Å². The maximum Gasteiger partial charge on any atom is 0.191 e. The fraction of sp³-hybridized carbons (Fsp3) is 0.667. The van der Waals surface area contributed by atoms with Gasteiger partial charge in [0.05, 0.1) is 6.54 Å². The summed E-state index contributed by atoms with van der Waals surface area (Å²) >= 11 is 0. The van der Waals surface area contributed by atoms with E-state index in [2.05, 4.69) is 78.5 Å². The number of piperazine rings is 1. The van der Waals surface area contributed by atoms with Crippen LogP contribution in [-0.4, -0.2) is 74.7 Å². The largest absolute Gasteiger partial charge is 0.357 e. The van der Waals surface area contributed by atoms with Crippen molar-refractivity contribution < 1.29 is 0 Å². The van der Waals surface area contributed by atoms with E-state index in [1.54, 1.807) is 0 Å². The van der Waals surface area contributed by atoms with Crippen molar-refractivity contribution in [3.8, 4) is 0 Å². The van der Waals surface area contributed by atoms with Crippen molar-refractivity contribution in [1.82, 2.24) is 20.4 Å². The fourth-order valence-corrected chi connectivity index (χ4v) is 3.26. The molecule has 1 fully saturated rings. The van der Waals surface area contributed by atoms with Crippen molar-refractivity contribution in [3.63, 3.8) is 0 Å². The van der Waals surface area contributed by atoms with Gasteiger partial charge in [-0.25, -0.2) is 0 Å². The van der Waals surface area contributed by atoms with Crippen LogP contribution in [0, 0.1) is 0 Å². The highest BCUT2D eigenvalue weighted by Gasteiger charge is 2.20. The molecule has 0 atom stereocenters. The lowest BCUT2D eigenvalue weighted by Gasteiger charge is -2.34. The van der Waals surface area contributed by atoms with E-state index in [1.165, 1.54) is 38.3 Å². The molecular formula is C21H37N5. The standard InChI is InChI=1S/C21H37N5/c1-5-22-20(23-12-13-26-16-14-25(6-2)15-17-26)24-18-21(3,4)19-10-8-7-9-11-19/h7-11H,5-6,12-18H2,1-4H3,(H2,22,23,24). The minimum atomic E-state index is 0.0279. The predicted molar refractivity (Wildman–Crippen MR) is 112 cm³/mol. The van der Waals surface area contributed by atoms with Gasteiger partial charge in [0.15, 0.2) is 5.96 Å². The third-order valence-corrected chi connectivity index (χ3v) is 5.16. The predicted octanol–water partition coefficient (Wildman–Crippen LogP) is 2.16. The van der Waals surface area contributed by atoms with E-state index < -0.39 is 0 Å². The Morgan fingerprint density at radius 3 is 2.27 bits per heavy atom. The topological polar surface area (TPSA) is 42.9 Å². The van der Waals surface area contributed by atoms with E-state index in [0.717, 1.165) is 32.1 Å². The highest BCUT2D eigenvalue weighted by atomic mass is 15.3. The molecule has 1 aliphatic rings. The summed E-state index contributed by atoms with van der Waals surface area (Å²) in [6.45, 7) is 18.4. The fourth-order valence-electron chi connectivity index (χ4n) is 3.26. The van der Waals surface area contributed by atoms with Crippen LogP contribution in [0.5, 0.6) is 0 Å². The number of hydrogen-bond acceptors (Lipinski definition) is 3. The minimum Gasteiger partial charge on any atom is -0.357 e. The zero-order valence-electron chi connectivity index (χ0n) is 17.1. The first kappa shape index (κ1) is 20.7. The lowest BCUT2D eigenvalue weighted by atomic mass is 9.85. The molecule has 1 aliphatic heterocycles. The summed E-state index contributed by atoms with van der Waals surface area (Å²) in [6, 6.07) is 10.6. The molecule has 26 heavy (non-hydrogen) atoms. The van der Waals surface area contributed by atoms with Crippen molar-refractivity contribution in [2.75, 3.05) is 58.9 Å². The first-order valence-electron chi connectivity index (χ1n) is 10.1. The summed E-state index contributed by atoms with van der Waals surface area (Å²) in [7, 11) is 0. The summed E-state index contributed by atoms with van der Waals surface area (Å²) in [4.78, 5) is 9.89. The van der Waals surface area contributed by atoms with Gasteiger partial charge in [-0.3, -0.25) is 9.89 Å². The number of aliphatic imine (C=N–C) groups is 1. The van der Waals surface area contributed by atoms with Gasteiger partial charge in [0.2, 0.25) is 0 Å². The Bertz CT molecular complexity index is 533. The highest BCUT2D eigenvalue weighted by Crippen LogP contribution is 2.22. The Morgan fingerprint density at radius 2 is 1.65 bits per heavy atom. The molecule has 0 aliphatic carbocycles. The third-order valence-electron chi connectivity index (χ3n) is 5.16. The Morgan fingerprint density at radius 1 is 1.00 bits per heavy atom. The Labute approximate surface area is 159 Å². The van der Waals surface area contributed by atoms with Crippen LogP contribution in [0.3, 0.4) is 0 Å². The molecule has 0 unspecified atom stereocenters. The highest BCUT2D eigenvalue weighted by molar-refractivity contribution is 5.79. The van der Waals surface area contributed by atoms with Crippen LogP contribution in [0.4, 0.5) is 0 Å². The molecule has 1 heterocycles. The van der Waals surface area contributed by atoms with Crippen LogP contribution in [0.1, 0.15) is 33.3 Å². The van der Waals surface area contributed by atoms with Crippen LogP contribution in [-0.2, 0) is 5.41 Å². The normalized spacial score (nSPS) is 17.3. The van der Waals surface area contributed by atoms with E-state index in [1.807, 2.05) is 0 Å². The maximum atomic E-state index is 4.84. The smallest absolute Gasteiger partial charge is 0.191 e. The van der Waals surface area contributed by atoms with Crippen molar-refractivity contribution in [2.45, 2.75) is 33.1 Å². The summed E-state index contributed by atoms with van der Waals surface area (Å²) < 4.78 is 0. The molecule has 5 heteroatoms. The lowest BCUT2D eigenvalue weighted by molar-refractivity contribution is 0.139. The molecule has 0 spiro atoms. The van der Waals surface area contributed by atoms with Crippen molar-refractivity contribution in [1.29, 1.82) is 0 Å². The summed E-state index contributed by atoms with van der Waals surface area (Å²) in [6.07, 6.45) is 0. The van der Waals surface area contributed by atoms with Gasteiger partial charge in [0, 0.05) is 51.2 Å². The number of likely N-dealkylation sites (N-methyl/N-ethyl adjacent to an activating group) is 1. The van der Waals surface area contributed by atoms with E-state index in [0.29, 0.717) is 0 Å². The van der Waals surface area contributed by atoms with Crippen LogP contribution >= 0.6 is 0 Å². The molecule has 1 aromatic rings. The number of nitrogens with one attached hydrogen (secondary N) is 2. The second kappa shape index (κ2) is 10.5. The average Bonchev–Trinajstić information content (AvgIpc) is 2.67. The number of guanidine groups is 1. The minimum absolute atomic E-state index is 0.0279. The third kappa shape index (κ3) is 6.61. The van der Waals surface area contributed by atoms with Crippen molar-refractivity contribution >= 4 is 5.96 Å². The Balaban J connectivity index is 1.81. The summed E-state index contributed by atoms with van der Waals surface area (Å²) in [5, 5.41) is 6.87. The second-order valence-corrected chi connectivity index (χ2v) is 7.65. The number of nitrogens with zero attached hydrogens (tertiary/aromatic N) is 3. The Hall–Kier alpha value is -1.59. The molecule has 0 bridgehead atoms. The van der Waals surface area contributed by atoms with E-state index in [9.17, 15) is 0 Å². The van der Waals surface area contributed by atoms with E-state index >= 15 is 0 Å². The first-order valence-corrected chi connectivity index (χ1v) is 10.1. The quantitative estimate of drug-likeness (QED) is 0.551. The monoisotopic (exact) mass is 359 g/mol. The van der Waals surface area contributed by atoms with Crippen LogP contribution < -0.4 is 10.6 Å². The molecular weight excluding hydrogens is 322 g/mol. The SMILES string of the molecule is CCNC(=NCC(C)(C)c1ccccc1)NCCN1CCN(CC)CC1. The van der Waals surface area contributed by atoms with Gasteiger partial charge in [-0.2, -0.15) is 0 Å². The summed E-state index contributed by atoms with van der Waals surface area (Å²) in [5.41, 5.74) is 1.36. The average molecular weight is 360 g/mol. The van der Waals surface area contributed by atoms with Crippen LogP contribution in [0.25, 0.3) is 0 Å². The zero-order valence-corrected chi connectivity index (χ0v) is 17.1. The first-order chi connectivity index (χ1) is 12.5. The molecule has 5 nitrogen and oxygen atoms in total. The molecule has 0 aromatic heterocycles. The van der Waals surface area contributed by atoms with Crippen LogP contribution in [0.15, 0.2) is 35.3 Å². The Kier molecular flexibility index (Phi) is 8.39. The molecule has 1 aromatic carbocycles. The van der Waals surface area contributed by atoms with Crippen LogP contribution in [0.2, 0.25) is 0 Å². The van der Waals surface area contributed by atoms with Gasteiger partial charge in [-0.1, -0.05) is 51.1 Å². The number of hydrogen-bond donors (Lipinski definition) is 2. The molecule has 2 N–H and O–H groups in total. The molecule has 2 rings (SSSR count). The second-order valence-electron chi connectivity index (χ2n) is 7.65. The molecule has 0 saturated carbocycles. The number of rotatable bonds is 8. The van der Waals surface area contributed by atoms with Crippen molar-refractivity contribution in [3.05, 3.63) is 35.9 Å². The van der Waals surface area contributed by atoms with Gasteiger partial charge in [-0.05, 0) is 19.0 Å². The van der Waals surface area contributed by atoms with E-state index in [-0.39, 0.29) is 5.41 Å². The van der Waals surface area contributed by atoms with Gasteiger partial charge < -0.3 is 15.5 Å².